The van der Waals surface area contributed by atoms with Crippen molar-refractivity contribution in [3.8, 4) is 0 Å². The summed E-state index contributed by atoms with van der Waals surface area (Å²) in [5.74, 6) is 6.05. The van der Waals surface area contributed by atoms with E-state index in [1.54, 1.807) is 0 Å². The van der Waals surface area contributed by atoms with Crippen LogP contribution in [0.15, 0.2) is 35.3 Å². The van der Waals surface area contributed by atoms with Gasteiger partial charge in [0.05, 0.1) is 5.69 Å². The number of nitrogens with zero attached hydrogens (tertiary/aromatic N) is 2. The molecule has 1 aliphatic heterocycles. The van der Waals surface area contributed by atoms with Gasteiger partial charge in [0.25, 0.3) is 0 Å². The number of hydrogen-bond donors (Lipinski definition) is 3. The third kappa shape index (κ3) is 3.72. The summed E-state index contributed by atoms with van der Waals surface area (Å²) in [5.41, 5.74) is 6.68. The molecule has 2 rings (SSSR count). The van der Waals surface area contributed by atoms with Gasteiger partial charge in [0.1, 0.15) is 0 Å². The van der Waals surface area contributed by atoms with Crippen molar-refractivity contribution in [3.05, 3.63) is 30.3 Å². The third-order valence-electron chi connectivity index (χ3n) is 2.75. The molecular formula is C12H19N5. The quantitative estimate of drug-likeness (QED) is 0.310. The van der Waals surface area contributed by atoms with Crippen LogP contribution in [-0.2, 0) is 0 Å². The molecule has 0 atom stereocenters. The summed E-state index contributed by atoms with van der Waals surface area (Å²) < 4.78 is 0. The smallest absolute Gasteiger partial charge is 0.225 e. The van der Waals surface area contributed by atoms with Crippen LogP contribution >= 0.6 is 0 Å². The van der Waals surface area contributed by atoms with Gasteiger partial charge in [-0.3, -0.25) is 10.9 Å². The van der Waals surface area contributed by atoms with Gasteiger partial charge in [-0.2, -0.15) is 0 Å². The second-order valence-corrected chi connectivity index (χ2v) is 4.10. The highest BCUT2D eigenvalue weighted by Gasteiger charge is 2.10. The predicted molar refractivity (Wildman–Crippen MR) is 69.4 cm³/mol. The molecule has 4 N–H and O–H groups in total. The Morgan fingerprint density at radius 3 is 2.47 bits per heavy atom. The van der Waals surface area contributed by atoms with E-state index in [1.807, 2.05) is 30.3 Å². The Bertz CT molecular complexity index is 356. The van der Waals surface area contributed by atoms with Gasteiger partial charge in [-0.1, -0.05) is 24.6 Å². The van der Waals surface area contributed by atoms with Crippen LogP contribution in [0.3, 0.4) is 0 Å². The van der Waals surface area contributed by atoms with Gasteiger partial charge in [0.2, 0.25) is 5.96 Å². The minimum Gasteiger partial charge on any atom is -0.293 e. The molecular weight excluding hydrogens is 214 g/mol. The average molecular weight is 233 g/mol. The van der Waals surface area contributed by atoms with Gasteiger partial charge < -0.3 is 0 Å². The largest absolute Gasteiger partial charge is 0.293 e. The highest BCUT2D eigenvalue weighted by molar-refractivity contribution is 5.81. The van der Waals surface area contributed by atoms with Crippen LogP contribution < -0.4 is 16.7 Å². The fourth-order valence-electron chi connectivity index (χ4n) is 1.88. The molecule has 1 aromatic rings. The number of hydrogen-bond acceptors (Lipinski definition) is 3. The van der Waals surface area contributed by atoms with Crippen molar-refractivity contribution in [3.63, 3.8) is 0 Å². The Kier molecular flexibility index (Phi) is 4.35. The number of guanidine groups is 1. The van der Waals surface area contributed by atoms with E-state index in [1.165, 1.54) is 19.3 Å². The van der Waals surface area contributed by atoms with Gasteiger partial charge in [0, 0.05) is 13.1 Å². The monoisotopic (exact) mass is 233 g/mol. The Balaban J connectivity index is 1.98. The predicted octanol–water partition coefficient (Wildman–Crippen LogP) is 1.13. The standard InChI is InChI=1S/C12H19N5/c13-15-12(14-11-7-3-1-4-8-11)16-17-9-5-2-6-10-17/h1,3-4,7-8H,2,5-6,9-10,13H2,(H2,14,15,16). The Hall–Kier alpha value is -1.59. The second-order valence-electron chi connectivity index (χ2n) is 4.10. The van der Waals surface area contributed by atoms with Crippen LogP contribution in [0.5, 0.6) is 0 Å². The Labute approximate surface area is 102 Å². The first-order chi connectivity index (χ1) is 8.38. The summed E-state index contributed by atoms with van der Waals surface area (Å²) in [6.07, 6.45) is 3.74. The molecule has 1 heterocycles. The van der Waals surface area contributed by atoms with Crippen molar-refractivity contribution in [2.24, 2.45) is 10.8 Å². The number of benzene rings is 1. The van der Waals surface area contributed by atoms with Crippen molar-refractivity contribution in [2.75, 3.05) is 13.1 Å². The lowest BCUT2D eigenvalue weighted by atomic mass is 10.2. The molecule has 1 aliphatic rings. The van der Waals surface area contributed by atoms with Crippen LogP contribution in [0.4, 0.5) is 5.69 Å². The summed E-state index contributed by atoms with van der Waals surface area (Å²) in [6.45, 7) is 2.07. The maximum Gasteiger partial charge on any atom is 0.225 e. The maximum absolute atomic E-state index is 5.47. The van der Waals surface area contributed by atoms with E-state index < -0.39 is 0 Å². The number of nitrogens with two attached hydrogens (primary N) is 1. The lowest BCUT2D eigenvalue weighted by molar-refractivity contribution is 0.192. The van der Waals surface area contributed by atoms with E-state index in [0.717, 1.165) is 18.8 Å². The van der Waals surface area contributed by atoms with Gasteiger partial charge in [0.15, 0.2) is 0 Å². The highest BCUT2D eigenvalue weighted by atomic mass is 15.6. The molecule has 1 saturated heterocycles. The molecule has 17 heavy (non-hydrogen) atoms. The number of hydrazine groups is 2. The molecule has 5 nitrogen and oxygen atoms in total. The first kappa shape index (κ1) is 11.9. The van der Waals surface area contributed by atoms with Crippen molar-refractivity contribution in [2.45, 2.75) is 19.3 Å². The molecule has 1 fully saturated rings. The molecule has 0 saturated carbocycles. The molecule has 0 bridgehead atoms. The zero-order valence-corrected chi connectivity index (χ0v) is 9.89. The minimum atomic E-state index is 0.582. The molecule has 5 heteroatoms. The Morgan fingerprint density at radius 2 is 1.82 bits per heavy atom. The van der Waals surface area contributed by atoms with E-state index >= 15 is 0 Å². The fourth-order valence-corrected chi connectivity index (χ4v) is 1.88. The zero-order valence-electron chi connectivity index (χ0n) is 9.89. The van der Waals surface area contributed by atoms with Crippen LogP contribution in [-0.4, -0.2) is 24.1 Å². The van der Waals surface area contributed by atoms with Gasteiger partial charge in [-0.05, 0) is 25.0 Å². The number of piperidine rings is 1. The van der Waals surface area contributed by atoms with Crippen LogP contribution in [0.2, 0.25) is 0 Å². The lowest BCUT2D eigenvalue weighted by Crippen LogP contribution is -2.51. The minimum absolute atomic E-state index is 0.582. The number of para-hydroxylation sites is 1. The average Bonchev–Trinajstić information content (AvgIpc) is 2.40. The molecule has 1 aromatic carbocycles. The van der Waals surface area contributed by atoms with Crippen LogP contribution in [0, 0.1) is 0 Å². The molecule has 0 aliphatic carbocycles. The highest BCUT2D eigenvalue weighted by Crippen LogP contribution is 2.10. The van der Waals surface area contributed by atoms with E-state index in [-0.39, 0.29) is 0 Å². The van der Waals surface area contributed by atoms with E-state index in [2.05, 4.69) is 20.9 Å². The first-order valence-electron chi connectivity index (χ1n) is 6.00. The fraction of sp³-hybridized carbons (Fsp3) is 0.417. The summed E-state index contributed by atoms with van der Waals surface area (Å²) in [7, 11) is 0. The van der Waals surface area contributed by atoms with Crippen molar-refractivity contribution in [1.82, 2.24) is 15.9 Å². The molecule has 0 amide bonds. The maximum atomic E-state index is 5.47. The van der Waals surface area contributed by atoms with Gasteiger partial charge in [-0.25, -0.2) is 15.8 Å². The van der Waals surface area contributed by atoms with Gasteiger partial charge >= 0.3 is 0 Å². The van der Waals surface area contributed by atoms with E-state index in [9.17, 15) is 0 Å². The van der Waals surface area contributed by atoms with Crippen molar-refractivity contribution < 1.29 is 0 Å². The SMILES string of the molecule is NNC(=Nc1ccccc1)NN1CCCCC1. The van der Waals surface area contributed by atoms with Gasteiger partial charge in [-0.15, -0.1) is 0 Å². The third-order valence-corrected chi connectivity index (χ3v) is 2.75. The normalized spacial score (nSPS) is 17.8. The zero-order chi connectivity index (χ0) is 11.9. The Morgan fingerprint density at radius 1 is 1.12 bits per heavy atom. The second kappa shape index (κ2) is 6.22. The summed E-state index contributed by atoms with van der Waals surface area (Å²) in [5, 5.41) is 2.14. The van der Waals surface area contributed by atoms with E-state index in [0.29, 0.717) is 5.96 Å². The molecule has 0 radical (unpaired) electrons. The first-order valence-corrected chi connectivity index (χ1v) is 6.00. The summed E-state index contributed by atoms with van der Waals surface area (Å²) in [4.78, 5) is 4.40. The molecule has 92 valence electrons. The van der Waals surface area contributed by atoms with Crippen molar-refractivity contribution in [1.29, 1.82) is 0 Å². The summed E-state index contributed by atoms with van der Waals surface area (Å²) in [6, 6.07) is 9.75. The molecule has 0 unspecified atom stereocenters. The number of nitrogens with one attached hydrogen (secondary N) is 2. The topological polar surface area (TPSA) is 65.7 Å². The van der Waals surface area contributed by atoms with E-state index in [4.69, 9.17) is 5.84 Å². The van der Waals surface area contributed by atoms with Crippen molar-refractivity contribution >= 4 is 11.6 Å². The van der Waals surface area contributed by atoms with Crippen LogP contribution in [0.1, 0.15) is 19.3 Å². The van der Waals surface area contributed by atoms with Crippen LogP contribution in [0.25, 0.3) is 0 Å². The molecule has 0 spiro atoms. The number of rotatable bonds is 2. The molecule has 0 aromatic heterocycles. The summed E-state index contributed by atoms with van der Waals surface area (Å²) >= 11 is 0. The lowest BCUT2D eigenvalue weighted by Gasteiger charge is -2.27. The number of aliphatic imine (C=N–C) groups is 1.